The minimum atomic E-state index is 0.224. The molecule has 0 bridgehead atoms. The molecule has 1 aliphatic rings. The third-order valence-electron chi connectivity index (χ3n) is 3.64. The van der Waals surface area contributed by atoms with E-state index in [1.165, 1.54) is 5.69 Å². The first-order valence-electron chi connectivity index (χ1n) is 7.01. The van der Waals surface area contributed by atoms with E-state index in [4.69, 9.17) is 0 Å². The van der Waals surface area contributed by atoms with Gasteiger partial charge < -0.3 is 19.7 Å². The first kappa shape index (κ1) is 14.1. The summed E-state index contributed by atoms with van der Waals surface area (Å²) in [6.45, 7) is 7.94. The van der Waals surface area contributed by atoms with E-state index < -0.39 is 0 Å². The molecular weight excluding hydrogens is 240 g/mol. The third-order valence-corrected chi connectivity index (χ3v) is 3.64. The van der Waals surface area contributed by atoms with Gasteiger partial charge in [0.25, 0.3) is 0 Å². The Hall–Kier alpha value is -1.33. The van der Waals surface area contributed by atoms with E-state index in [1.807, 2.05) is 21.7 Å². The van der Waals surface area contributed by atoms with E-state index in [-0.39, 0.29) is 5.91 Å². The quantitative estimate of drug-likeness (QED) is 0.835. The minimum absolute atomic E-state index is 0.224. The summed E-state index contributed by atoms with van der Waals surface area (Å²) in [5.41, 5.74) is 1.17. The van der Waals surface area contributed by atoms with E-state index in [9.17, 15) is 4.79 Å². The number of nitrogens with zero attached hydrogens (tertiary/aromatic N) is 3. The monoisotopic (exact) mass is 264 g/mol. The van der Waals surface area contributed by atoms with Crippen LogP contribution in [0.25, 0.3) is 0 Å². The van der Waals surface area contributed by atoms with Crippen LogP contribution in [0.15, 0.2) is 18.3 Å². The standard InChI is InChI=1S/C14H24N4O/c1-3-15-11-13-5-4-6-18(13)12-14(19)17-9-7-16(2)8-10-17/h4-6,15H,3,7-12H2,1-2H3. The summed E-state index contributed by atoms with van der Waals surface area (Å²) < 4.78 is 2.04. The van der Waals surface area contributed by atoms with Crippen molar-refractivity contribution in [3.05, 3.63) is 24.0 Å². The van der Waals surface area contributed by atoms with Crippen LogP contribution in [0.1, 0.15) is 12.6 Å². The van der Waals surface area contributed by atoms with Crippen LogP contribution in [0.4, 0.5) is 0 Å². The second kappa shape index (κ2) is 6.73. The number of nitrogens with one attached hydrogen (secondary N) is 1. The summed E-state index contributed by atoms with van der Waals surface area (Å²) in [4.78, 5) is 16.5. The van der Waals surface area contributed by atoms with Crippen LogP contribution in [0.3, 0.4) is 0 Å². The van der Waals surface area contributed by atoms with Crippen LogP contribution >= 0.6 is 0 Å². The number of hydrogen-bond donors (Lipinski definition) is 1. The average Bonchev–Trinajstić information content (AvgIpc) is 2.84. The van der Waals surface area contributed by atoms with Crippen LogP contribution in [0, 0.1) is 0 Å². The highest BCUT2D eigenvalue weighted by molar-refractivity contribution is 5.76. The third kappa shape index (κ3) is 3.81. The topological polar surface area (TPSA) is 40.5 Å². The highest BCUT2D eigenvalue weighted by atomic mass is 16.2. The van der Waals surface area contributed by atoms with Gasteiger partial charge in [-0.1, -0.05) is 6.92 Å². The molecule has 106 valence electrons. The molecule has 1 fully saturated rings. The van der Waals surface area contributed by atoms with Crippen molar-refractivity contribution in [3.8, 4) is 0 Å². The Morgan fingerprint density at radius 1 is 1.32 bits per heavy atom. The fourth-order valence-electron chi connectivity index (χ4n) is 2.32. The Labute approximate surface area is 115 Å². The molecule has 0 unspecified atom stereocenters. The lowest BCUT2D eigenvalue weighted by atomic mass is 10.3. The van der Waals surface area contributed by atoms with Crippen LogP contribution in [0.5, 0.6) is 0 Å². The van der Waals surface area contributed by atoms with Crippen molar-refractivity contribution >= 4 is 5.91 Å². The fraction of sp³-hybridized carbons (Fsp3) is 0.643. The van der Waals surface area contributed by atoms with Crippen LogP contribution in [-0.4, -0.2) is 60.0 Å². The summed E-state index contributed by atoms with van der Waals surface area (Å²) in [6.07, 6.45) is 1.99. The highest BCUT2D eigenvalue weighted by Crippen LogP contribution is 2.05. The van der Waals surface area contributed by atoms with Crippen molar-refractivity contribution in [2.45, 2.75) is 20.0 Å². The van der Waals surface area contributed by atoms with Gasteiger partial charge in [0.05, 0.1) is 0 Å². The SMILES string of the molecule is CCNCc1cccn1CC(=O)N1CCN(C)CC1. The zero-order valence-corrected chi connectivity index (χ0v) is 11.9. The van der Waals surface area contributed by atoms with Gasteiger partial charge in [0, 0.05) is 44.6 Å². The van der Waals surface area contributed by atoms with Gasteiger partial charge in [0.1, 0.15) is 6.54 Å². The van der Waals surface area contributed by atoms with Crippen LogP contribution in [0.2, 0.25) is 0 Å². The molecule has 1 aromatic rings. The lowest BCUT2D eigenvalue weighted by Gasteiger charge is -2.32. The van der Waals surface area contributed by atoms with E-state index in [0.29, 0.717) is 6.54 Å². The fourth-order valence-corrected chi connectivity index (χ4v) is 2.32. The molecular formula is C14H24N4O. The summed E-state index contributed by atoms with van der Waals surface area (Å²) in [5, 5.41) is 3.30. The molecule has 1 aromatic heterocycles. The Bertz CT molecular complexity index is 407. The Morgan fingerprint density at radius 2 is 2.05 bits per heavy atom. The van der Waals surface area contributed by atoms with Crippen molar-refractivity contribution in [2.75, 3.05) is 39.8 Å². The van der Waals surface area contributed by atoms with Crippen LogP contribution < -0.4 is 5.32 Å². The Balaban J connectivity index is 1.89. The lowest BCUT2D eigenvalue weighted by molar-refractivity contribution is -0.133. The predicted molar refractivity (Wildman–Crippen MR) is 75.9 cm³/mol. The van der Waals surface area contributed by atoms with E-state index in [1.54, 1.807) is 0 Å². The molecule has 1 amide bonds. The molecule has 0 saturated carbocycles. The van der Waals surface area contributed by atoms with Gasteiger partial charge in [-0.3, -0.25) is 4.79 Å². The molecule has 0 aliphatic carbocycles. The van der Waals surface area contributed by atoms with E-state index in [0.717, 1.165) is 39.3 Å². The highest BCUT2D eigenvalue weighted by Gasteiger charge is 2.19. The number of hydrogen-bond acceptors (Lipinski definition) is 3. The average molecular weight is 264 g/mol. The zero-order valence-electron chi connectivity index (χ0n) is 11.9. The lowest BCUT2D eigenvalue weighted by Crippen LogP contribution is -2.48. The normalized spacial score (nSPS) is 16.8. The maximum absolute atomic E-state index is 12.3. The predicted octanol–water partition coefficient (Wildman–Crippen LogP) is 0.372. The van der Waals surface area contributed by atoms with Crippen molar-refractivity contribution < 1.29 is 4.79 Å². The molecule has 5 nitrogen and oxygen atoms in total. The minimum Gasteiger partial charge on any atom is -0.341 e. The van der Waals surface area contributed by atoms with Gasteiger partial charge in [-0.2, -0.15) is 0 Å². The number of rotatable bonds is 5. The summed E-state index contributed by atoms with van der Waals surface area (Å²) in [6, 6.07) is 4.07. The molecule has 1 aliphatic heterocycles. The largest absolute Gasteiger partial charge is 0.341 e. The number of aromatic nitrogens is 1. The summed E-state index contributed by atoms with van der Waals surface area (Å²) in [7, 11) is 2.10. The maximum atomic E-state index is 12.3. The number of likely N-dealkylation sites (N-methyl/N-ethyl adjacent to an activating group) is 1. The molecule has 1 saturated heterocycles. The van der Waals surface area contributed by atoms with Crippen molar-refractivity contribution in [1.29, 1.82) is 0 Å². The molecule has 2 rings (SSSR count). The molecule has 5 heteroatoms. The molecule has 1 N–H and O–H groups in total. The number of carbonyl (C=O) groups is 1. The van der Waals surface area contributed by atoms with Gasteiger partial charge in [-0.25, -0.2) is 0 Å². The smallest absolute Gasteiger partial charge is 0.242 e. The summed E-state index contributed by atoms with van der Waals surface area (Å²) >= 11 is 0. The van der Waals surface area contributed by atoms with Gasteiger partial charge in [-0.15, -0.1) is 0 Å². The van der Waals surface area contributed by atoms with Crippen LogP contribution in [-0.2, 0) is 17.9 Å². The van der Waals surface area contributed by atoms with Gasteiger partial charge in [-0.05, 0) is 25.7 Å². The molecule has 0 radical (unpaired) electrons. The van der Waals surface area contributed by atoms with Crippen molar-refractivity contribution in [1.82, 2.24) is 19.7 Å². The molecule has 0 atom stereocenters. The van der Waals surface area contributed by atoms with Gasteiger partial charge in [0.2, 0.25) is 5.91 Å². The second-order valence-electron chi connectivity index (χ2n) is 5.09. The van der Waals surface area contributed by atoms with Gasteiger partial charge in [0.15, 0.2) is 0 Å². The van der Waals surface area contributed by atoms with E-state index >= 15 is 0 Å². The van der Waals surface area contributed by atoms with Crippen molar-refractivity contribution in [2.24, 2.45) is 0 Å². The number of piperazine rings is 1. The number of amides is 1. The van der Waals surface area contributed by atoms with Crippen molar-refractivity contribution in [3.63, 3.8) is 0 Å². The maximum Gasteiger partial charge on any atom is 0.242 e. The Kier molecular flexibility index (Phi) is 4.99. The first-order chi connectivity index (χ1) is 9.20. The molecule has 0 aromatic carbocycles. The first-order valence-corrected chi connectivity index (χ1v) is 7.01. The molecule has 19 heavy (non-hydrogen) atoms. The number of carbonyl (C=O) groups excluding carboxylic acids is 1. The summed E-state index contributed by atoms with van der Waals surface area (Å²) in [5.74, 6) is 0.224. The Morgan fingerprint density at radius 3 is 2.74 bits per heavy atom. The molecule has 2 heterocycles. The molecule has 0 spiro atoms. The second-order valence-corrected chi connectivity index (χ2v) is 5.09. The van der Waals surface area contributed by atoms with E-state index in [2.05, 4.69) is 30.3 Å². The van der Waals surface area contributed by atoms with Gasteiger partial charge >= 0.3 is 0 Å². The zero-order chi connectivity index (χ0) is 13.7.